The van der Waals surface area contributed by atoms with E-state index in [0.717, 1.165) is 31.6 Å². The van der Waals surface area contributed by atoms with Gasteiger partial charge in [-0.25, -0.2) is 5.90 Å². The predicted octanol–water partition coefficient (Wildman–Crippen LogP) is 2.85. The Labute approximate surface area is 105 Å². The van der Waals surface area contributed by atoms with E-state index in [1.165, 1.54) is 0 Å². The topological polar surface area (TPSA) is 38.5 Å². The molecular formula is C11H14Cl2N2O. The van der Waals surface area contributed by atoms with E-state index in [0.29, 0.717) is 10.0 Å². The van der Waals surface area contributed by atoms with Gasteiger partial charge in [-0.3, -0.25) is 0 Å². The lowest BCUT2D eigenvalue weighted by molar-refractivity contribution is 0.0368. The van der Waals surface area contributed by atoms with Crippen molar-refractivity contribution in [3.63, 3.8) is 0 Å². The highest BCUT2D eigenvalue weighted by molar-refractivity contribution is 6.36. The summed E-state index contributed by atoms with van der Waals surface area (Å²) in [6.45, 7) is 1.81. The fraction of sp³-hybridized carbons (Fsp3) is 0.455. The monoisotopic (exact) mass is 260 g/mol. The maximum atomic E-state index is 6.15. The number of hydrogen-bond acceptors (Lipinski definition) is 3. The van der Waals surface area contributed by atoms with Gasteiger partial charge in [-0.2, -0.15) is 0 Å². The van der Waals surface area contributed by atoms with Crippen LogP contribution in [0.3, 0.4) is 0 Å². The van der Waals surface area contributed by atoms with Crippen molar-refractivity contribution in [1.82, 2.24) is 0 Å². The highest BCUT2D eigenvalue weighted by Gasteiger charge is 2.20. The summed E-state index contributed by atoms with van der Waals surface area (Å²) in [6, 6.07) is 5.58. The largest absolute Gasteiger partial charge is 0.370 e. The van der Waals surface area contributed by atoms with Crippen LogP contribution in [0.25, 0.3) is 0 Å². The van der Waals surface area contributed by atoms with Crippen LogP contribution in [0.2, 0.25) is 10.0 Å². The average Bonchev–Trinajstić information content (AvgIpc) is 2.29. The Balaban J connectivity index is 2.08. The van der Waals surface area contributed by atoms with Gasteiger partial charge in [-0.1, -0.05) is 23.2 Å². The van der Waals surface area contributed by atoms with Crippen molar-refractivity contribution in [3.8, 4) is 0 Å². The average molecular weight is 261 g/mol. The first-order valence-electron chi connectivity index (χ1n) is 5.26. The van der Waals surface area contributed by atoms with Crippen LogP contribution >= 0.6 is 23.2 Å². The summed E-state index contributed by atoms with van der Waals surface area (Å²) in [5.74, 6) is 5.18. The van der Waals surface area contributed by atoms with E-state index in [9.17, 15) is 0 Å². The van der Waals surface area contributed by atoms with Crippen molar-refractivity contribution in [3.05, 3.63) is 28.2 Å². The quantitative estimate of drug-likeness (QED) is 0.832. The third kappa shape index (κ3) is 2.61. The van der Waals surface area contributed by atoms with Gasteiger partial charge in [0.05, 0.1) is 16.8 Å². The third-order valence-corrected chi connectivity index (χ3v) is 3.42. The molecule has 1 aliphatic heterocycles. The lowest BCUT2D eigenvalue weighted by atomic mass is 10.1. The summed E-state index contributed by atoms with van der Waals surface area (Å²) in [7, 11) is 0. The molecule has 0 aliphatic carbocycles. The summed E-state index contributed by atoms with van der Waals surface area (Å²) in [5, 5.41) is 1.36. The second-order valence-electron chi connectivity index (χ2n) is 3.92. The van der Waals surface area contributed by atoms with Crippen LogP contribution < -0.4 is 10.8 Å². The van der Waals surface area contributed by atoms with Gasteiger partial charge in [0.2, 0.25) is 0 Å². The van der Waals surface area contributed by atoms with Gasteiger partial charge in [-0.05, 0) is 31.0 Å². The van der Waals surface area contributed by atoms with Crippen LogP contribution in [-0.4, -0.2) is 19.2 Å². The second-order valence-corrected chi connectivity index (χ2v) is 4.76. The van der Waals surface area contributed by atoms with Crippen molar-refractivity contribution >= 4 is 28.9 Å². The molecule has 1 fully saturated rings. The van der Waals surface area contributed by atoms with E-state index in [1.807, 2.05) is 12.1 Å². The van der Waals surface area contributed by atoms with Crippen molar-refractivity contribution in [2.24, 2.45) is 5.90 Å². The molecule has 0 atom stereocenters. The first-order chi connectivity index (χ1) is 7.70. The molecule has 0 aromatic heterocycles. The Morgan fingerprint density at radius 1 is 1.25 bits per heavy atom. The van der Waals surface area contributed by atoms with Crippen molar-refractivity contribution in [1.29, 1.82) is 0 Å². The Bertz CT molecular complexity index is 365. The zero-order chi connectivity index (χ0) is 11.5. The summed E-state index contributed by atoms with van der Waals surface area (Å²) in [4.78, 5) is 7.07. The molecule has 2 rings (SSSR count). The smallest absolute Gasteiger partial charge is 0.0821 e. The summed E-state index contributed by atoms with van der Waals surface area (Å²) >= 11 is 12.0. The molecule has 1 saturated heterocycles. The summed E-state index contributed by atoms with van der Waals surface area (Å²) in [6.07, 6.45) is 2.02. The molecule has 0 radical (unpaired) electrons. The molecular weight excluding hydrogens is 247 g/mol. The number of nitrogens with zero attached hydrogens (tertiary/aromatic N) is 1. The van der Waals surface area contributed by atoms with E-state index in [1.54, 1.807) is 6.07 Å². The zero-order valence-corrected chi connectivity index (χ0v) is 10.3. The molecule has 0 bridgehead atoms. The van der Waals surface area contributed by atoms with E-state index in [4.69, 9.17) is 33.9 Å². The fourth-order valence-corrected chi connectivity index (χ4v) is 2.50. The standard InChI is InChI=1S/C11H14Cl2N2O/c12-8-1-2-11(10(13)7-8)15-5-3-9(16-14)4-6-15/h1-2,7,9H,3-6,14H2. The van der Waals surface area contributed by atoms with Gasteiger partial charge in [0.25, 0.3) is 0 Å². The van der Waals surface area contributed by atoms with Crippen LogP contribution in [-0.2, 0) is 4.84 Å². The molecule has 0 saturated carbocycles. The lowest BCUT2D eigenvalue weighted by Crippen LogP contribution is -2.38. The van der Waals surface area contributed by atoms with Gasteiger partial charge in [0, 0.05) is 18.1 Å². The fourth-order valence-electron chi connectivity index (χ4n) is 1.97. The van der Waals surface area contributed by atoms with E-state index >= 15 is 0 Å². The number of piperidine rings is 1. The van der Waals surface area contributed by atoms with E-state index < -0.39 is 0 Å². The number of anilines is 1. The van der Waals surface area contributed by atoms with Crippen LogP contribution in [0.5, 0.6) is 0 Å². The minimum atomic E-state index is 0.169. The van der Waals surface area contributed by atoms with E-state index in [-0.39, 0.29) is 6.10 Å². The molecule has 0 unspecified atom stereocenters. The molecule has 0 amide bonds. The molecule has 1 aromatic rings. The maximum absolute atomic E-state index is 6.15. The molecule has 2 N–H and O–H groups in total. The van der Waals surface area contributed by atoms with Crippen LogP contribution in [0.1, 0.15) is 12.8 Å². The number of hydrogen-bond donors (Lipinski definition) is 1. The van der Waals surface area contributed by atoms with Gasteiger partial charge in [0.15, 0.2) is 0 Å². The maximum Gasteiger partial charge on any atom is 0.0821 e. The third-order valence-electron chi connectivity index (χ3n) is 2.88. The summed E-state index contributed by atoms with van der Waals surface area (Å²) < 4.78 is 0. The zero-order valence-electron chi connectivity index (χ0n) is 8.83. The Kier molecular flexibility index (Phi) is 3.92. The predicted molar refractivity (Wildman–Crippen MR) is 67.0 cm³/mol. The van der Waals surface area contributed by atoms with Gasteiger partial charge in [-0.15, -0.1) is 0 Å². The van der Waals surface area contributed by atoms with Gasteiger partial charge in [0.1, 0.15) is 0 Å². The minimum Gasteiger partial charge on any atom is -0.370 e. The Morgan fingerprint density at radius 2 is 1.94 bits per heavy atom. The molecule has 1 aliphatic rings. The molecule has 3 nitrogen and oxygen atoms in total. The first kappa shape index (κ1) is 12.0. The number of rotatable bonds is 2. The summed E-state index contributed by atoms with van der Waals surface area (Å²) in [5.41, 5.74) is 1.03. The van der Waals surface area contributed by atoms with Crippen LogP contribution in [0.4, 0.5) is 5.69 Å². The van der Waals surface area contributed by atoms with E-state index in [2.05, 4.69) is 4.90 Å². The van der Waals surface area contributed by atoms with Crippen molar-refractivity contribution < 1.29 is 4.84 Å². The molecule has 5 heteroatoms. The van der Waals surface area contributed by atoms with Gasteiger partial charge >= 0.3 is 0 Å². The highest BCUT2D eigenvalue weighted by Crippen LogP contribution is 2.30. The number of nitrogens with two attached hydrogens (primary N) is 1. The molecule has 1 aromatic carbocycles. The molecule has 88 valence electrons. The van der Waals surface area contributed by atoms with Crippen molar-refractivity contribution in [2.75, 3.05) is 18.0 Å². The molecule has 1 heterocycles. The molecule has 16 heavy (non-hydrogen) atoms. The molecule has 0 spiro atoms. The van der Waals surface area contributed by atoms with Crippen molar-refractivity contribution in [2.45, 2.75) is 18.9 Å². The van der Waals surface area contributed by atoms with Crippen LogP contribution in [0.15, 0.2) is 18.2 Å². The first-order valence-corrected chi connectivity index (χ1v) is 6.02. The normalized spacial score (nSPS) is 17.8. The SMILES string of the molecule is NOC1CCN(c2ccc(Cl)cc2Cl)CC1. The number of benzene rings is 1. The number of halogens is 2. The highest BCUT2D eigenvalue weighted by atomic mass is 35.5. The van der Waals surface area contributed by atoms with Gasteiger partial charge < -0.3 is 9.74 Å². The Morgan fingerprint density at radius 3 is 2.50 bits per heavy atom. The minimum absolute atomic E-state index is 0.169. The van der Waals surface area contributed by atoms with Crippen LogP contribution in [0, 0.1) is 0 Å². The lowest BCUT2D eigenvalue weighted by Gasteiger charge is -2.33. The second kappa shape index (κ2) is 5.23. The Hall–Kier alpha value is -0.480.